The number of nitrogens with zero attached hydrogens (tertiary/aromatic N) is 4. The highest BCUT2D eigenvalue weighted by Crippen LogP contribution is 2.45. The molecule has 0 aromatic carbocycles. The lowest BCUT2D eigenvalue weighted by Gasteiger charge is -2.18. The van der Waals surface area contributed by atoms with Crippen LogP contribution >= 0.6 is 11.8 Å². The first kappa shape index (κ1) is 15.3. The summed E-state index contributed by atoms with van der Waals surface area (Å²) in [7, 11) is 0. The molecule has 6 heteroatoms. The van der Waals surface area contributed by atoms with E-state index >= 15 is 0 Å². The van der Waals surface area contributed by atoms with Crippen LogP contribution in [0.3, 0.4) is 0 Å². The smallest absolute Gasteiger partial charge is 0.233 e. The number of rotatable bonds is 9. The summed E-state index contributed by atoms with van der Waals surface area (Å²) in [6, 6.07) is 0.556. The van der Waals surface area contributed by atoms with Crippen LogP contribution in [0.2, 0.25) is 0 Å². The third kappa shape index (κ3) is 3.43. The first-order valence-corrected chi connectivity index (χ1v) is 8.80. The summed E-state index contributed by atoms with van der Waals surface area (Å²) in [5.41, 5.74) is 0. The Morgan fingerprint density at radius 2 is 1.91 bits per heavy atom. The summed E-state index contributed by atoms with van der Waals surface area (Å²) in [6.45, 7) is 8.49. The molecular formula is C16H22N4OS. The summed E-state index contributed by atoms with van der Waals surface area (Å²) in [5, 5.41) is 9.59. The second-order valence-electron chi connectivity index (χ2n) is 5.88. The Labute approximate surface area is 135 Å². The van der Waals surface area contributed by atoms with Crippen LogP contribution in [0.15, 0.2) is 30.5 Å². The monoisotopic (exact) mass is 318 g/mol. The molecule has 118 valence electrons. The zero-order valence-corrected chi connectivity index (χ0v) is 13.6. The maximum absolute atomic E-state index is 12.3. The quantitative estimate of drug-likeness (QED) is 0.519. The molecule has 0 spiro atoms. The molecule has 2 aliphatic carbocycles. The van der Waals surface area contributed by atoms with E-state index in [1.54, 1.807) is 17.1 Å². The van der Waals surface area contributed by atoms with Gasteiger partial charge in [0.1, 0.15) is 5.82 Å². The van der Waals surface area contributed by atoms with E-state index in [0.29, 0.717) is 30.8 Å². The molecule has 0 saturated heterocycles. The molecule has 0 atom stereocenters. The average Bonchev–Trinajstić information content (AvgIpc) is 3.43. The van der Waals surface area contributed by atoms with Crippen molar-refractivity contribution in [2.24, 2.45) is 0 Å². The van der Waals surface area contributed by atoms with Crippen molar-refractivity contribution in [1.29, 1.82) is 0 Å². The Morgan fingerprint density at radius 3 is 2.45 bits per heavy atom. The van der Waals surface area contributed by atoms with Crippen molar-refractivity contribution in [3.8, 4) is 0 Å². The van der Waals surface area contributed by atoms with Gasteiger partial charge in [0, 0.05) is 25.0 Å². The molecule has 0 radical (unpaired) electrons. The molecule has 2 saturated carbocycles. The standard InChI is InChI=1S/C16H22N4OS/c1-3-9-19(10-4-2)14(21)11-22-16-18-17-15(12-5-6-12)20(16)13-7-8-13/h3-4,12-13H,1-2,5-11H2. The van der Waals surface area contributed by atoms with E-state index < -0.39 is 0 Å². The number of carbonyl (C=O) groups is 1. The number of hydrogen-bond donors (Lipinski definition) is 0. The van der Waals surface area contributed by atoms with Crippen LogP contribution in [0.4, 0.5) is 0 Å². The molecule has 0 bridgehead atoms. The number of aromatic nitrogens is 3. The summed E-state index contributed by atoms with van der Waals surface area (Å²) < 4.78 is 2.28. The second kappa shape index (κ2) is 6.69. The fraction of sp³-hybridized carbons (Fsp3) is 0.562. The molecule has 5 nitrogen and oxygen atoms in total. The lowest BCUT2D eigenvalue weighted by Crippen LogP contribution is -2.32. The van der Waals surface area contributed by atoms with Crippen LogP contribution in [-0.4, -0.2) is 44.4 Å². The molecule has 1 aromatic heterocycles. The number of amides is 1. The Hall–Kier alpha value is -1.56. The van der Waals surface area contributed by atoms with Gasteiger partial charge in [0.15, 0.2) is 5.16 Å². The Morgan fingerprint density at radius 1 is 1.23 bits per heavy atom. The van der Waals surface area contributed by atoms with E-state index in [-0.39, 0.29) is 5.91 Å². The van der Waals surface area contributed by atoms with Crippen LogP contribution in [-0.2, 0) is 4.79 Å². The molecule has 1 aromatic rings. The minimum Gasteiger partial charge on any atom is -0.335 e. The summed E-state index contributed by atoms with van der Waals surface area (Å²) in [5.74, 6) is 2.20. The van der Waals surface area contributed by atoms with Crippen molar-refractivity contribution in [2.45, 2.75) is 42.8 Å². The first-order chi connectivity index (χ1) is 10.7. The number of hydrogen-bond acceptors (Lipinski definition) is 4. The van der Waals surface area contributed by atoms with Crippen molar-refractivity contribution in [1.82, 2.24) is 19.7 Å². The van der Waals surface area contributed by atoms with Gasteiger partial charge in [-0.1, -0.05) is 23.9 Å². The first-order valence-electron chi connectivity index (χ1n) is 7.81. The zero-order valence-electron chi connectivity index (χ0n) is 12.8. The van der Waals surface area contributed by atoms with Gasteiger partial charge in [0.05, 0.1) is 5.75 Å². The van der Waals surface area contributed by atoms with Gasteiger partial charge in [-0.2, -0.15) is 0 Å². The van der Waals surface area contributed by atoms with E-state index in [1.807, 2.05) is 0 Å². The lowest BCUT2D eigenvalue weighted by atomic mass is 10.4. The lowest BCUT2D eigenvalue weighted by molar-refractivity contribution is -0.127. The van der Waals surface area contributed by atoms with E-state index in [1.165, 1.54) is 37.4 Å². The van der Waals surface area contributed by atoms with E-state index in [9.17, 15) is 4.79 Å². The van der Waals surface area contributed by atoms with E-state index in [0.717, 1.165) is 11.0 Å². The molecular weight excluding hydrogens is 296 g/mol. The van der Waals surface area contributed by atoms with Gasteiger partial charge in [0.25, 0.3) is 0 Å². The fourth-order valence-corrected chi connectivity index (χ4v) is 3.41. The number of carbonyl (C=O) groups excluding carboxylic acids is 1. The third-order valence-electron chi connectivity index (χ3n) is 3.92. The predicted molar refractivity (Wildman–Crippen MR) is 88.0 cm³/mol. The van der Waals surface area contributed by atoms with Crippen molar-refractivity contribution in [2.75, 3.05) is 18.8 Å². The van der Waals surface area contributed by atoms with Crippen molar-refractivity contribution in [3.63, 3.8) is 0 Å². The molecule has 2 aliphatic rings. The largest absolute Gasteiger partial charge is 0.335 e. The summed E-state index contributed by atoms with van der Waals surface area (Å²) in [4.78, 5) is 14.0. The molecule has 2 fully saturated rings. The van der Waals surface area contributed by atoms with Crippen molar-refractivity contribution < 1.29 is 4.79 Å². The molecule has 1 amide bonds. The maximum Gasteiger partial charge on any atom is 0.233 e. The molecule has 3 rings (SSSR count). The minimum absolute atomic E-state index is 0.0862. The summed E-state index contributed by atoms with van der Waals surface area (Å²) >= 11 is 1.50. The SMILES string of the molecule is C=CCN(CC=C)C(=O)CSc1nnc(C2CC2)n1C1CC1. The van der Waals surface area contributed by atoms with Crippen LogP contribution < -0.4 is 0 Å². The van der Waals surface area contributed by atoms with Gasteiger partial charge in [-0.3, -0.25) is 4.79 Å². The van der Waals surface area contributed by atoms with E-state index in [4.69, 9.17) is 0 Å². The van der Waals surface area contributed by atoms with Crippen LogP contribution in [0, 0.1) is 0 Å². The minimum atomic E-state index is 0.0862. The van der Waals surface area contributed by atoms with Crippen LogP contribution in [0.1, 0.15) is 43.5 Å². The molecule has 0 unspecified atom stereocenters. The Bertz CT molecular complexity index is 565. The Balaban J connectivity index is 1.64. The molecule has 0 aliphatic heterocycles. The van der Waals surface area contributed by atoms with Crippen molar-refractivity contribution in [3.05, 3.63) is 31.1 Å². The highest BCUT2D eigenvalue weighted by Gasteiger charge is 2.36. The Kier molecular flexibility index (Phi) is 4.66. The average molecular weight is 318 g/mol. The summed E-state index contributed by atoms with van der Waals surface area (Å²) in [6.07, 6.45) is 8.34. The maximum atomic E-state index is 12.3. The van der Waals surface area contributed by atoms with Gasteiger partial charge in [-0.25, -0.2) is 0 Å². The van der Waals surface area contributed by atoms with Gasteiger partial charge >= 0.3 is 0 Å². The van der Waals surface area contributed by atoms with Gasteiger partial charge < -0.3 is 9.47 Å². The highest BCUT2D eigenvalue weighted by molar-refractivity contribution is 7.99. The second-order valence-corrected chi connectivity index (χ2v) is 6.82. The molecule has 1 heterocycles. The third-order valence-corrected chi connectivity index (χ3v) is 4.85. The molecule has 22 heavy (non-hydrogen) atoms. The van der Waals surface area contributed by atoms with Crippen LogP contribution in [0.25, 0.3) is 0 Å². The van der Waals surface area contributed by atoms with Gasteiger partial charge in [-0.15, -0.1) is 23.4 Å². The highest BCUT2D eigenvalue weighted by atomic mass is 32.2. The normalized spacial score (nSPS) is 17.3. The molecule has 0 N–H and O–H groups in total. The van der Waals surface area contributed by atoms with E-state index in [2.05, 4.69) is 27.9 Å². The van der Waals surface area contributed by atoms with Gasteiger partial charge in [0.2, 0.25) is 5.91 Å². The predicted octanol–water partition coefficient (Wildman–Crippen LogP) is 2.78. The number of thioether (sulfide) groups is 1. The topological polar surface area (TPSA) is 51.0 Å². The van der Waals surface area contributed by atoms with Crippen molar-refractivity contribution >= 4 is 17.7 Å². The zero-order chi connectivity index (χ0) is 15.5. The fourth-order valence-electron chi connectivity index (χ4n) is 2.49. The van der Waals surface area contributed by atoms with Crippen LogP contribution in [0.5, 0.6) is 0 Å². The van der Waals surface area contributed by atoms with Gasteiger partial charge in [-0.05, 0) is 25.7 Å².